The fourth-order valence-corrected chi connectivity index (χ4v) is 1.27. The highest BCUT2D eigenvalue weighted by molar-refractivity contribution is 6.32. The van der Waals surface area contributed by atoms with E-state index in [9.17, 15) is 4.79 Å². The van der Waals surface area contributed by atoms with Crippen molar-refractivity contribution in [3.05, 3.63) is 29.8 Å². The lowest BCUT2D eigenvalue weighted by Gasteiger charge is -2.24. The minimum atomic E-state index is -0.556. The van der Waals surface area contributed by atoms with Crippen molar-refractivity contribution in [2.45, 2.75) is 32.9 Å². The molecule has 17 heavy (non-hydrogen) atoms. The van der Waals surface area contributed by atoms with Crippen molar-refractivity contribution < 1.29 is 9.53 Å². The number of carbonyl (C=O) groups is 1. The van der Waals surface area contributed by atoms with E-state index in [2.05, 4.69) is 0 Å². The zero-order valence-corrected chi connectivity index (χ0v) is 10.4. The quantitative estimate of drug-likeness (QED) is 0.359. The minimum absolute atomic E-state index is 0.264. The van der Waals surface area contributed by atoms with Crippen LogP contribution in [0.3, 0.4) is 0 Å². The molecule has 0 aliphatic heterocycles. The number of ether oxygens (including phenoxy) is 1. The van der Waals surface area contributed by atoms with Crippen LogP contribution in [-0.2, 0) is 11.3 Å². The number of benzene rings is 1. The SMILES string of the molecule is [B]c1cccc(CN(N)C(=O)OC(C)(C)C)c1. The maximum atomic E-state index is 11.6. The van der Waals surface area contributed by atoms with Crippen LogP contribution in [0, 0.1) is 0 Å². The molecule has 0 saturated carbocycles. The Labute approximate surface area is 103 Å². The van der Waals surface area contributed by atoms with E-state index < -0.39 is 11.7 Å². The largest absolute Gasteiger partial charge is 0.443 e. The predicted molar refractivity (Wildman–Crippen MR) is 67.8 cm³/mol. The third kappa shape index (κ3) is 4.91. The molecule has 0 heterocycles. The second-order valence-corrected chi connectivity index (χ2v) is 4.85. The van der Waals surface area contributed by atoms with Gasteiger partial charge < -0.3 is 4.74 Å². The molecule has 1 amide bonds. The molecule has 0 saturated heterocycles. The molecule has 1 aromatic rings. The van der Waals surface area contributed by atoms with Crippen molar-refractivity contribution in [1.29, 1.82) is 0 Å². The molecule has 0 atom stereocenters. The highest BCUT2D eigenvalue weighted by atomic mass is 16.6. The van der Waals surface area contributed by atoms with Gasteiger partial charge in [-0.3, -0.25) is 0 Å². The van der Waals surface area contributed by atoms with Crippen molar-refractivity contribution in [3.63, 3.8) is 0 Å². The van der Waals surface area contributed by atoms with Crippen molar-refractivity contribution in [3.8, 4) is 0 Å². The van der Waals surface area contributed by atoms with E-state index in [4.69, 9.17) is 18.4 Å². The number of nitrogens with two attached hydrogens (primary N) is 1. The van der Waals surface area contributed by atoms with E-state index in [1.807, 2.05) is 12.1 Å². The van der Waals surface area contributed by atoms with Crippen LogP contribution in [0.25, 0.3) is 0 Å². The van der Waals surface area contributed by atoms with Crippen LogP contribution in [0.1, 0.15) is 26.3 Å². The first-order chi connectivity index (χ1) is 7.78. The Morgan fingerprint density at radius 2 is 2.12 bits per heavy atom. The summed E-state index contributed by atoms with van der Waals surface area (Å²) in [7, 11) is 5.64. The molecule has 1 rings (SSSR count). The number of rotatable bonds is 2. The average Bonchev–Trinajstić information content (AvgIpc) is 2.14. The molecule has 5 heteroatoms. The summed E-state index contributed by atoms with van der Waals surface area (Å²) in [6.07, 6.45) is -0.556. The van der Waals surface area contributed by atoms with Gasteiger partial charge in [0.1, 0.15) is 13.4 Å². The lowest BCUT2D eigenvalue weighted by Crippen LogP contribution is -2.41. The summed E-state index contributed by atoms with van der Waals surface area (Å²) in [4.78, 5) is 11.6. The van der Waals surface area contributed by atoms with Crippen molar-refractivity contribution >= 4 is 19.4 Å². The molecule has 2 radical (unpaired) electrons. The van der Waals surface area contributed by atoms with E-state index in [0.717, 1.165) is 10.6 Å². The van der Waals surface area contributed by atoms with E-state index in [1.165, 1.54) is 0 Å². The van der Waals surface area contributed by atoms with Crippen LogP contribution in [0.2, 0.25) is 0 Å². The molecule has 0 unspecified atom stereocenters. The smallest absolute Gasteiger partial charge is 0.424 e. The second kappa shape index (κ2) is 5.23. The summed E-state index contributed by atoms with van der Waals surface area (Å²) in [5.74, 6) is 5.62. The Kier molecular flexibility index (Phi) is 4.18. The van der Waals surface area contributed by atoms with Crippen LogP contribution in [-0.4, -0.2) is 24.5 Å². The van der Waals surface area contributed by atoms with Crippen molar-refractivity contribution in [2.24, 2.45) is 5.84 Å². The third-order valence-corrected chi connectivity index (χ3v) is 1.93. The topological polar surface area (TPSA) is 55.6 Å². The van der Waals surface area contributed by atoms with Crippen LogP contribution in [0.15, 0.2) is 24.3 Å². The number of amides is 1. The number of nitrogens with zero attached hydrogens (tertiary/aromatic N) is 1. The fourth-order valence-electron chi connectivity index (χ4n) is 1.27. The molecule has 0 fully saturated rings. The molecule has 2 N–H and O–H groups in total. The van der Waals surface area contributed by atoms with E-state index in [1.54, 1.807) is 32.9 Å². The standard InChI is InChI=1S/C12H17BN2O2/c1-12(2,3)17-11(16)15(14)8-9-5-4-6-10(13)7-9/h4-7H,8,14H2,1-3H3. The monoisotopic (exact) mass is 232 g/mol. The average molecular weight is 232 g/mol. The van der Waals surface area contributed by atoms with E-state index in [0.29, 0.717) is 5.46 Å². The van der Waals surface area contributed by atoms with E-state index >= 15 is 0 Å². The number of hydrazine groups is 1. The molecule has 0 aliphatic carbocycles. The molecule has 1 aromatic carbocycles. The maximum Gasteiger partial charge on any atom is 0.424 e. The van der Waals surface area contributed by atoms with Crippen LogP contribution in [0.4, 0.5) is 4.79 Å². The van der Waals surface area contributed by atoms with Crippen LogP contribution in [0.5, 0.6) is 0 Å². The zero-order chi connectivity index (χ0) is 13.1. The fraction of sp³-hybridized carbons (Fsp3) is 0.417. The first-order valence-electron chi connectivity index (χ1n) is 5.37. The molecule has 4 nitrogen and oxygen atoms in total. The van der Waals surface area contributed by atoms with Gasteiger partial charge in [0, 0.05) is 0 Å². The maximum absolute atomic E-state index is 11.6. The van der Waals surface area contributed by atoms with Gasteiger partial charge in [0.05, 0.1) is 6.54 Å². The molecule has 0 aromatic heterocycles. The lowest BCUT2D eigenvalue weighted by molar-refractivity contribution is 0.0231. The van der Waals surface area contributed by atoms with Gasteiger partial charge in [0.25, 0.3) is 0 Å². The Morgan fingerprint density at radius 3 is 2.65 bits per heavy atom. The second-order valence-electron chi connectivity index (χ2n) is 4.85. The molecule has 0 bridgehead atoms. The Balaban J connectivity index is 2.60. The zero-order valence-electron chi connectivity index (χ0n) is 10.4. The Bertz CT molecular complexity index is 402. The summed E-state index contributed by atoms with van der Waals surface area (Å²) >= 11 is 0. The molecular formula is C12H17BN2O2. The van der Waals surface area contributed by atoms with Crippen LogP contribution >= 0.6 is 0 Å². The van der Waals surface area contributed by atoms with Gasteiger partial charge in [-0.25, -0.2) is 15.6 Å². The van der Waals surface area contributed by atoms with Gasteiger partial charge in [0.15, 0.2) is 0 Å². The van der Waals surface area contributed by atoms with Gasteiger partial charge in [-0.1, -0.05) is 29.7 Å². The number of carbonyl (C=O) groups excluding carboxylic acids is 1. The Hall–Kier alpha value is -1.49. The minimum Gasteiger partial charge on any atom is -0.443 e. The van der Waals surface area contributed by atoms with Gasteiger partial charge in [0.2, 0.25) is 0 Å². The highest BCUT2D eigenvalue weighted by Gasteiger charge is 2.20. The first-order valence-corrected chi connectivity index (χ1v) is 5.37. The summed E-state index contributed by atoms with van der Waals surface area (Å²) in [5, 5.41) is 1.03. The highest BCUT2D eigenvalue weighted by Crippen LogP contribution is 2.09. The van der Waals surface area contributed by atoms with Gasteiger partial charge >= 0.3 is 6.09 Å². The molecular weight excluding hydrogens is 215 g/mol. The number of hydrogen-bond donors (Lipinski definition) is 1. The number of hydrogen-bond acceptors (Lipinski definition) is 3. The van der Waals surface area contributed by atoms with E-state index in [-0.39, 0.29) is 6.54 Å². The summed E-state index contributed by atoms with van der Waals surface area (Å²) in [6, 6.07) is 7.20. The predicted octanol–water partition coefficient (Wildman–Crippen LogP) is 1.09. The summed E-state index contributed by atoms with van der Waals surface area (Å²) < 4.78 is 5.13. The third-order valence-electron chi connectivity index (χ3n) is 1.93. The lowest BCUT2D eigenvalue weighted by atomic mass is 9.94. The summed E-state index contributed by atoms with van der Waals surface area (Å²) in [6.45, 7) is 5.64. The molecule has 90 valence electrons. The van der Waals surface area contributed by atoms with Gasteiger partial charge in [-0.2, -0.15) is 0 Å². The van der Waals surface area contributed by atoms with Gasteiger partial charge in [-0.15, -0.1) is 0 Å². The first kappa shape index (κ1) is 13.6. The van der Waals surface area contributed by atoms with Gasteiger partial charge in [-0.05, 0) is 26.3 Å². The molecule has 0 aliphatic rings. The normalized spacial score (nSPS) is 11.1. The Morgan fingerprint density at radius 1 is 1.47 bits per heavy atom. The molecule has 0 spiro atoms. The summed E-state index contributed by atoms with van der Waals surface area (Å²) in [5.41, 5.74) is 0.947. The van der Waals surface area contributed by atoms with Crippen molar-refractivity contribution in [1.82, 2.24) is 5.01 Å². The van der Waals surface area contributed by atoms with Crippen LogP contribution < -0.4 is 11.3 Å². The van der Waals surface area contributed by atoms with Crippen molar-refractivity contribution in [2.75, 3.05) is 0 Å².